The van der Waals surface area contributed by atoms with E-state index < -0.39 is 23.1 Å². The third-order valence-corrected chi connectivity index (χ3v) is 3.91. The summed E-state index contributed by atoms with van der Waals surface area (Å²) in [4.78, 5) is 22.8. The van der Waals surface area contributed by atoms with Gasteiger partial charge in [0.25, 0.3) is 0 Å². The molecule has 2 atom stereocenters. The normalized spacial score (nSPS) is 20.5. The van der Waals surface area contributed by atoms with Gasteiger partial charge < -0.3 is 10.4 Å². The van der Waals surface area contributed by atoms with Crippen molar-refractivity contribution in [3.05, 3.63) is 35.4 Å². The lowest BCUT2D eigenvalue weighted by atomic mass is 9.97. The van der Waals surface area contributed by atoms with Gasteiger partial charge in [-0.15, -0.1) is 0 Å². The van der Waals surface area contributed by atoms with Crippen LogP contribution in [-0.4, -0.2) is 22.5 Å². The Morgan fingerprint density at radius 1 is 1.36 bits per heavy atom. The van der Waals surface area contributed by atoms with Crippen LogP contribution in [0.2, 0.25) is 0 Å². The highest BCUT2D eigenvalue weighted by atomic mass is 19.1. The van der Waals surface area contributed by atoms with Gasteiger partial charge in [-0.1, -0.05) is 6.07 Å². The Morgan fingerprint density at radius 2 is 2.05 bits per heavy atom. The number of hydrogen-bond acceptors (Lipinski definition) is 2. The molecule has 120 valence electrons. The number of rotatable bonds is 6. The summed E-state index contributed by atoms with van der Waals surface area (Å²) < 4.78 is 26.6. The van der Waals surface area contributed by atoms with E-state index in [4.69, 9.17) is 5.11 Å². The zero-order chi connectivity index (χ0) is 16.5. The van der Waals surface area contributed by atoms with E-state index in [-0.39, 0.29) is 24.2 Å². The van der Waals surface area contributed by atoms with Gasteiger partial charge in [0.15, 0.2) is 0 Å². The van der Waals surface area contributed by atoms with Crippen molar-refractivity contribution in [1.29, 1.82) is 0 Å². The number of carboxylic acids is 1. The molecule has 0 aromatic heterocycles. The van der Waals surface area contributed by atoms with Crippen molar-refractivity contribution in [3.8, 4) is 0 Å². The van der Waals surface area contributed by atoms with Crippen LogP contribution < -0.4 is 5.32 Å². The molecule has 2 N–H and O–H groups in total. The van der Waals surface area contributed by atoms with Crippen molar-refractivity contribution in [3.63, 3.8) is 0 Å². The number of halogens is 2. The number of carboxylic acid groups (broad SMARTS) is 1. The average molecular weight is 311 g/mol. The standard InChI is InChI=1S/C16H19F2NO3/c1-16(2,6-5-14(20)21)19-15(22)12-8-11(12)10-4-3-9(17)7-13(10)18/h3-4,7,11-12H,5-6,8H2,1-2H3,(H,19,22)(H,20,21). The Labute approximate surface area is 127 Å². The molecule has 1 amide bonds. The predicted molar refractivity (Wildman–Crippen MR) is 76.3 cm³/mol. The second-order valence-electron chi connectivity index (χ2n) is 6.38. The fraction of sp³-hybridized carbons (Fsp3) is 0.500. The van der Waals surface area contributed by atoms with E-state index in [1.54, 1.807) is 13.8 Å². The molecular weight excluding hydrogens is 292 g/mol. The van der Waals surface area contributed by atoms with Crippen molar-refractivity contribution in [2.75, 3.05) is 0 Å². The second kappa shape index (κ2) is 6.02. The van der Waals surface area contributed by atoms with Crippen molar-refractivity contribution in [2.45, 2.75) is 44.6 Å². The van der Waals surface area contributed by atoms with E-state index in [0.717, 1.165) is 6.07 Å². The van der Waals surface area contributed by atoms with Crippen LogP contribution in [0.3, 0.4) is 0 Å². The topological polar surface area (TPSA) is 66.4 Å². The number of aliphatic carboxylic acids is 1. The highest BCUT2D eigenvalue weighted by Gasteiger charge is 2.46. The Balaban J connectivity index is 1.94. The van der Waals surface area contributed by atoms with Gasteiger partial charge >= 0.3 is 5.97 Å². The molecule has 1 aromatic carbocycles. The SMILES string of the molecule is CC(C)(CCC(=O)O)NC(=O)C1CC1c1ccc(F)cc1F. The minimum Gasteiger partial charge on any atom is -0.481 e. The number of carbonyl (C=O) groups is 2. The molecule has 1 aliphatic carbocycles. The number of carbonyl (C=O) groups excluding carboxylic acids is 1. The zero-order valence-corrected chi connectivity index (χ0v) is 12.5. The van der Waals surface area contributed by atoms with E-state index >= 15 is 0 Å². The van der Waals surface area contributed by atoms with Crippen LogP contribution in [-0.2, 0) is 9.59 Å². The Kier molecular flexibility index (Phi) is 4.49. The molecule has 6 heteroatoms. The molecular formula is C16H19F2NO3. The van der Waals surface area contributed by atoms with Gasteiger partial charge in [-0.2, -0.15) is 0 Å². The van der Waals surface area contributed by atoms with Gasteiger partial charge in [0.05, 0.1) is 0 Å². The molecule has 1 aromatic rings. The zero-order valence-electron chi connectivity index (χ0n) is 12.5. The Bertz CT molecular complexity index is 601. The van der Waals surface area contributed by atoms with Crippen molar-refractivity contribution in [1.82, 2.24) is 5.32 Å². The summed E-state index contributed by atoms with van der Waals surface area (Å²) in [5.41, 5.74) is -0.283. The van der Waals surface area contributed by atoms with Crippen LogP contribution in [0, 0.1) is 17.6 Å². The molecule has 0 saturated heterocycles. The lowest BCUT2D eigenvalue weighted by molar-refractivity contribution is -0.138. The Hall–Kier alpha value is -1.98. The number of hydrogen-bond donors (Lipinski definition) is 2. The molecule has 4 nitrogen and oxygen atoms in total. The van der Waals surface area contributed by atoms with E-state index in [2.05, 4.69) is 5.32 Å². The average Bonchev–Trinajstić information content (AvgIpc) is 3.16. The molecule has 0 radical (unpaired) electrons. The van der Waals surface area contributed by atoms with Gasteiger partial charge in [0, 0.05) is 23.9 Å². The number of benzene rings is 1. The third-order valence-electron chi connectivity index (χ3n) is 3.91. The summed E-state index contributed by atoms with van der Waals surface area (Å²) >= 11 is 0. The van der Waals surface area contributed by atoms with E-state index in [9.17, 15) is 18.4 Å². The first-order valence-corrected chi connectivity index (χ1v) is 7.18. The molecule has 0 bridgehead atoms. The lowest BCUT2D eigenvalue weighted by Crippen LogP contribution is -2.44. The first-order valence-electron chi connectivity index (χ1n) is 7.18. The van der Waals surface area contributed by atoms with Crippen LogP contribution in [0.15, 0.2) is 18.2 Å². The molecule has 0 heterocycles. The van der Waals surface area contributed by atoms with E-state index in [1.165, 1.54) is 12.1 Å². The summed E-state index contributed by atoms with van der Waals surface area (Å²) in [5.74, 6) is -2.99. The summed E-state index contributed by atoms with van der Waals surface area (Å²) in [7, 11) is 0. The highest BCUT2D eigenvalue weighted by Crippen LogP contribution is 2.48. The lowest BCUT2D eigenvalue weighted by Gasteiger charge is -2.25. The van der Waals surface area contributed by atoms with Gasteiger partial charge in [0.2, 0.25) is 5.91 Å². The molecule has 22 heavy (non-hydrogen) atoms. The van der Waals surface area contributed by atoms with Crippen molar-refractivity contribution in [2.24, 2.45) is 5.92 Å². The second-order valence-corrected chi connectivity index (χ2v) is 6.38. The van der Waals surface area contributed by atoms with Crippen LogP contribution in [0.4, 0.5) is 8.78 Å². The number of amides is 1. The Morgan fingerprint density at radius 3 is 2.64 bits per heavy atom. The first-order chi connectivity index (χ1) is 10.2. The van der Waals surface area contributed by atoms with Gasteiger partial charge in [-0.05, 0) is 44.2 Å². The molecule has 1 aliphatic rings. The van der Waals surface area contributed by atoms with Crippen molar-refractivity contribution >= 4 is 11.9 Å². The maximum absolute atomic E-state index is 13.7. The van der Waals surface area contributed by atoms with Gasteiger partial charge in [0.1, 0.15) is 11.6 Å². The summed E-state index contributed by atoms with van der Waals surface area (Å²) in [6.07, 6.45) is 0.799. The number of nitrogens with one attached hydrogen (secondary N) is 1. The predicted octanol–water partition coefficient (Wildman–Crippen LogP) is 2.83. The molecule has 0 aliphatic heterocycles. The molecule has 2 rings (SSSR count). The maximum Gasteiger partial charge on any atom is 0.303 e. The fourth-order valence-corrected chi connectivity index (χ4v) is 2.54. The van der Waals surface area contributed by atoms with E-state index in [0.29, 0.717) is 18.4 Å². The third kappa shape index (κ3) is 4.02. The molecule has 1 saturated carbocycles. The minimum atomic E-state index is -0.917. The summed E-state index contributed by atoms with van der Waals surface area (Å²) in [6, 6.07) is 3.38. The monoisotopic (exact) mass is 311 g/mol. The smallest absolute Gasteiger partial charge is 0.303 e. The van der Waals surface area contributed by atoms with Gasteiger partial charge in [-0.3, -0.25) is 9.59 Å². The fourth-order valence-electron chi connectivity index (χ4n) is 2.54. The van der Waals surface area contributed by atoms with E-state index in [1.807, 2.05) is 0 Å². The van der Waals surface area contributed by atoms with Crippen LogP contribution >= 0.6 is 0 Å². The summed E-state index contributed by atoms with van der Waals surface area (Å²) in [6.45, 7) is 3.51. The highest BCUT2D eigenvalue weighted by molar-refractivity contribution is 5.83. The summed E-state index contributed by atoms with van der Waals surface area (Å²) in [5, 5.41) is 11.5. The quantitative estimate of drug-likeness (QED) is 0.849. The largest absolute Gasteiger partial charge is 0.481 e. The molecule has 0 spiro atoms. The van der Waals surface area contributed by atoms with Crippen LogP contribution in [0.25, 0.3) is 0 Å². The van der Waals surface area contributed by atoms with Gasteiger partial charge in [-0.25, -0.2) is 8.78 Å². The van der Waals surface area contributed by atoms with Crippen LogP contribution in [0.5, 0.6) is 0 Å². The minimum absolute atomic E-state index is 0.0338. The van der Waals surface area contributed by atoms with Crippen LogP contribution in [0.1, 0.15) is 44.6 Å². The maximum atomic E-state index is 13.7. The molecule has 2 unspecified atom stereocenters. The first kappa shape index (κ1) is 16.4. The van der Waals surface area contributed by atoms with Crippen molar-refractivity contribution < 1.29 is 23.5 Å². The molecule has 1 fully saturated rings.